The maximum absolute atomic E-state index is 12.1. The Hall–Kier alpha value is -1.14. The standard InChI is InChI=1S/C16H27N3O2S/c1-11(14-12(2)18-10-22-14)17-8-13-6-7-19(9-13)15(20)21-16(3,4)5/h10-11,13,17H,6-9H2,1-5H3. The zero-order valence-corrected chi connectivity index (χ0v) is 15.0. The van der Waals surface area contributed by atoms with Crippen molar-refractivity contribution in [2.75, 3.05) is 19.6 Å². The topological polar surface area (TPSA) is 54.5 Å². The molecule has 1 fully saturated rings. The van der Waals surface area contributed by atoms with E-state index < -0.39 is 5.60 Å². The van der Waals surface area contributed by atoms with E-state index >= 15 is 0 Å². The normalized spacial score (nSPS) is 20.2. The van der Waals surface area contributed by atoms with Crippen molar-refractivity contribution in [2.24, 2.45) is 5.92 Å². The number of ether oxygens (including phenoxy) is 1. The van der Waals surface area contributed by atoms with Crippen LogP contribution in [0.25, 0.3) is 0 Å². The number of nitrogens with zero attached hydrogens (tertiary/aromatic N) is 2. The molecule has 0 bridgehead atoms. The van der Waals surface area contributed by atoms with Crippen LogP contribution in [0.4, 0.5) is 4.79 Å². The Labute approximate surface area is 137 Å². The van der Waals surface area contributed by atoms with Crippen molar-refractivity contribution in [3.05, 3.63) is 16.1 Å². The molecule has 2 unspecified atom stereocenters. The summed E-state index contributed by atoms with van der Waals surface area (Å²) in [5.41, 5.74) is 2.57. The second kappa shape index (κ2) is 6.96. The van der Waals surface area contributed by atoms with Crippen LogP contribution in [-0.2, 0) is 4.74 Å². The fraction of sp³-hybridized carbons (Fsp3) is 0.750. The highest BCUT2D eigenvalue weighted by Gasteiger charge is 2.29. The number of thiazole rings is 1. The number of nitrogens with one attached hydrogen (secondary N) is 1. The highest BCUT2D eigenvalue weighted by Crippen LogP contribution is 2.23. The molecule has 0 saturated carbocycles. The van der Waals surface area contributed by atoms with Crippen molar-refractivity contribution in [1.29, 1.82) is 0 Å². The summed E-state index contributed by atoms with van der Waals surface area (Å²) >= 11 is 1.69. The SMILES string of the molecule is Cc1ncsc1C(C)NCC1CCN(C(=O)OC(C)(C)C)C1. The molecule has 0 radical (unpaired) electrons. The van der Waals surface area contributed by atoms with Crippen LogP contribution in [0.2, 0.25) is 0 Å². The van der Waals surface area contributed by atoms with E-state index in [4.69, 9.17) is 4.74 Å². The molecule has 0 spiro atoms. The molecule has 1 amide bonds. The Morgan fingerprint density at radius 3 is 2.91 bits per heavy atom. The molecule has 1 N–H and O–H groups in total. The van der Waals surface area contributed by atoms with Crippen molar-refractivity contribution in [3.8, 4) is 0 Å². The second-order valence-electron chi connectivity index (χ2n) is 7.01. The van der Waals surface area contributed by atoms with Gasteiger partial charge in [0.2, 0.25) is 0 Å². The minimum atomic E-state index is -0.425. The molecule has 22 heavy (non-hydrogen) atoms. The monoisotopic (exact) mass is 325 g/mol. The lowest BCUT2D eigenvalue weighted by Crippen LogP contribution is -2.36. The van der Waals surface area contributed by atoms with Crippen LogP contribution >= 0.6 is 11.3 Å². The summed E-state index contributed by atoms with van der Waals surface area (Å²) in [6.45, 7) is 12.4. The zero-order chi connectivity index (χ0) is 16.3. The first-order valence-corrected chi connectivity index (χ1v) is 8.75. The first-order valence-electron chi connectivity index (χ1n) is 7.87. The van der Waals surface area contributed by atoms with Gasteiger partial charge in [-0.15, -0.1) is 11.3 Å². The smallest absolute Gasteiger partial charge is 0.410 e. The Morgan fingerprint density at radius 2 is 2.32 bits per heavy atom. The molecule has 2 heterocycles. The molecule has 1 aliphatic rings. The molecular formula is C16H27N3O2S. The molecule has 124 valence electrons. The van der Waals surface area contributed by atoms with Gasteiger partial charge >= 0.3 is 6.09 Å². The van der Waals surface area contributed by atoms with Crippen molar-refractivity contribution in [1.82, 2.24) is 15.2 Å². The predicted octanol–water partition coefficient (Wildman–Crippen LogP) is 3.36. The lowest BCUT2D eigenvalue weighted by atomic mass is 10.1. The molecule has 1 aromatic heterocycles. The van der Waals surface area contributed by atoms with Crippen LogP contribution in [-0.4, -0.2) is 41.2 Å². The van der Waals surface area contributed by atoms with Gasteiger partial charge < -0.3 is 15.0 Å². The average molecular weight is 325 g/mol. The molecule has 1 saturated heterocycles. The summed E-state index contributed by atoms with van der Waals surface area (Å²) in [6, 6.07) is 0.308. The minimum absolute atomic E-state index is 0.193. The summed E-state index contributed by atoms with van der Waals surface area (Å²) in [5.74, 6) is 0.489. The second-order valence-corrected chi connectivity index (χ2v) is 7.90. The number of likely N-dealkylation sites (tertiary alicyclic amines) is 1. The lowest BCUT2D eigenvalue weighted by molar-refractivity contribution is 0.0288. The lowest BCUT2D eigenvalue weighted by Gasteiger charge is -2.24. The van der Waals surface area contributed by atoms with E-state index in [2.05, 4.69) is 17.2 Å². The van der Waals surface area contributed by atoms with Gasteiger partial charge in [0, 0.05) is 30.6 Å². The van der Waals surface area contributed by atoms with Crippen molar-refractivity contribution in [2.45, 2.75) is 52.7 Å². The van der Waals surface area contributed by atoms with Crippen molar-refractivity contribution < 1.29 is 9.53 Å². The molecular weight excluding hydrogens is 298 g/mol. The molecule has 2 atom stereocenters. The van der Waals surface area contributed by atoms with Crippen molar-refractivity contribution >= 4 is 17.4 Å². The first kappa shape index (κ1) is 17.2. The third-order valence-electron chi connectivity index (χ3n) is 3.83. The Bertz CT molecular complexity index is 510. The van der Waals surface area contributed by atoms with Gasteiger partial charge in [-0.3, -0.25) is 0 Å². The van der Waals surface area contributed by atoms with E-state index in [-0.39, 0.29) is 6.09 Å². The number of hydrogen-bond acceptors (Lipinski definition) is 5. The first-order chi connectivity index (χ1) is 10.3. The van der Waals surface area contributed by atoms with E-state index in [1.165, 1.54) is 4.88 Å². The van der Waals surface area contributed by atoms with Gasteiger partial charge in [0.25, 0.3) is 0 Å². The molecule has 1 aromatic rings. The Kier molecular flexibility index (Phi) is 5.45. The molecule has 1 aliphatic heterocycles. The van der Waals surface area contributed by atoms with E-state index in [0.29, 0.717) is 12.0 Å². The van der Waals surface area contributed by atoms with Crippen LogP contribution in [0.5, 0.6) is 0 Å². The molecule has 0 aromatic carbocycles. The van der Waals surface area contributed by atoms with E-state index in [1.807, 2.05) is 38.1 Å². The quantitative estimate of drug-likeness (QED) is 0.922. The predicted molar refractivity (Wildman–Crippen MR) is 89.2 cm³/mol. The van der Waals surface area contributed by atoms with Gasteiger partial charge in [0.15, 0.2) is 0 Å². The van der Waals surface area contributed by atoms with Crippen LogP contribution in [0, 0.1) is 12.8 Å². The third kappa shape index (κ3) is 4.68. The van der Waals surface area contributed by atoms with E-state index in [1.54, 1.807) is 11.3 Å². The zero-order valence-electron chi connectivity index (χ0n) is 14.2. The van der Waals surface area contributed by atoms with Crippen LogP contribution < -0.4 is 5.32 Å². The van der Waals surface area contributed by atoms with Gasteiger partial charge in [-0.05, 0) is 47.0 Å². The molecule has 2 rings (SSSR count). The highest BCUT2D eigenvalue weighted by atomic mass is 32.1. The number of carbonyl (C=O) groups excluding carboxylic acids is 1. The number of amides is 1. The Morgan fingerprint density at radius 1 is 1.59 bits per heavy atom. The molecule has 6 heteroatoms. The van der Waals surface area contributed by atoms with Crippen LogP contribution in [0.15, 0.2) is 5.51 Å². The largest absolute Gasteiger partial charge is 0.444 e. The van der Waals surface area contributed by atoms with Gasteiger partial charge in [-0.2, -0.15) is 0 Å². The van der Waals surface area contributed by atoms with Crippen molar-refractivity contribution in [3.63, 3.8) is 0 Å². The van der Waals surface area contributed by atoms with Gasteiger partial charge in [-0.25, -0.2) is 9.78 Å². The average Bonchev–Trinajstić information content (AvgIpc) is 3.02. The van der Waals surface area contributed by atoms with Crippen LogP contribution in [0.1, 0.15) is 50.7 Å². The molecule has 0 aliphatic carbocycles. The third-order valence-corrected chi connectivity index (χ3v) is 4.94. The van der Waals surface area contributed by atoms with E-state index in [0.717, 1.165) is 31.7 Å². The van der Waals surface area contributed by atoms with E-state index in [9.17, 15) is 4.79 Å². The number of rotatable bonds is 4. The fourth-order valence-electron chi connectivity index (χ4n) is 2.65. The number of carbonyl (C=O) groups is 1. The summed E-state index contributed by atoms with van der Waals surface area (Å²) in [5, 5.41) is 3.57. The number of hydrogen-bond donors (Lipinski definition) is 1. The maximum atomic E-state index is 12.1. The fourth-order valence-corrected chi connectivity index (χ4v) is 3.49. The molecule has 5 nitrogen and oxygen atoms in total. The minimum Gasteiger partial charge on any atom is -0.444 e. The summed E-state index contributed by atoms with van der Waals surface area (Å²) in [6.07, 6.45) is 0.835. The van der Waals surface area contributed by atoms with Gasteiger partial charge in [0.05, 0.1) is 11.2 Å². The summed E-state index contributed by atoms with van der Waals surface area (Å²) in [7, 11) is 0. The van der Waals surface area contributed by atoms with Gasteiger partial charge in [-0.1, -0.05) is 0 Å². The number of aromatic nitrogens is 1. The summed E-state index contributed by atoms with van der Waals surface area (Å²) < 4.78 is 5.43. The van der Waals surface area contributed by atoms with Crippen LogP contribution in [0.3, 0.4) is 0 Å². The highest BCUT2D eigenvalue weighted by molar-refractivity contribution is 7.09. The maximum Gasteiger partial charge on any atom is 0.410 e. The number of aryl methyl sites for hydroxylation is 1. The summed E-state index contributed by atoms with van der Waals surface area (Å²) in [4.78, 5) is 19.5. The Balaban J connectivity index is 1.77. The van der Waals surface area contributed by atoms with Gasteiger partial charge in [0.1, 0.15) is 5.60 Å².